The summed E-state index contributed by atoms with van der Waals surface area (Å²) in [7, 11) is -0.239. The Hall–Kier alpha value is -3.59. The predicted molar refractivity (Wildman–Crippen MR) is 115 cm³/mol. The number of fused-ring (bicyclic) bond motifs is 1. The molecular formula is C20H20F4N4O6S. The summed E-state index contributed by atoms with van der Waals surface area (Å²) in [5.74, 6) is -1.80. The maximum atomic E-state index is 14.9. The highest BCUT2D eigenvalue weighted by Crippen LogP contribution is 2.46. The first kappa shape index (κ1) is 26.0. The second kappa shape index (κ2) is 9.58. The fraction of sp³-hybridized carbons (Fsp3) is 0.300. The molecule has 3 rings (SSSR count). The maximum absolute atomic E-state index is 14.9. The number of alkyl halides is 3. The minimum absolute atomic E-state index is 0.153. The Morgan fingerprint density at radius 3 is 2.51 bits per heavy atom. The zero-order valence-corrected chi connectivity index (χ0v) is 19.3. The number of hydrogen-bond donors (Lipinski definition) is 2. The number of hydrogen-bond acceptors (Lipinski definition) is 6. The molecule has 0 unspecified atom stereocenters. The van der Waals surface area contributed by atoms with E-state index in [1.165, 1.54) is 20.2 Å². The number of anilines is 1. The summed E-state index contributed by atoms with van der Waals surface area (Å²) in [6.45, 7) is -0.888. The van der Waals surface area contributed by atoms with Crippen molar-refractivity contribution in [2.45, 2.75) is 18.8 Å². The highest BCUT2D eigenvalue weighted by atomic mass is 32.2. The van der Waals surface area contributed by atoms with E-state index in [9.17, 15) is 35.6 Å². The van der Waals surface area contributed by atoms with Crippen LogP contribution in [0, 0.1) is 5.82 Å². The van der Waals surface area contributed by atoms with Gasteiger partial charge in [-0.1, -0.05) is 12.1 Å². The lowest BCUT2D eigenvalue weighted by Crippen LogP contribution is -2.46. The molecule has 0 aliphatic carbocycles. The Labute approximate surface area is 197 Å². The molecule has 1 aliphatic heterocycles. The first-order valence-electron chi connectivity index (χ1n) is 9.80. The SMILES string of the molecule is CNS(=O)(=O)Nc1cccc(CN2C(=O)Oc3cc(OC(=O)N(C)C)ccc3[C@H]2C(F)(F)F)c1F. The molecule has 2 N–H and O–H groups in total. The summed E-state index contributed by atoms with van der Waals surface area (Å²) >= 11 is 0. The van der Waals surface area contributed by atoms with Gasteiger partial charge in [-0.2, -0.15) is 21.6 Å². The number of benzene rings is 2. The monoisotopic (exact) mass is 520 g/mol. The Kier molecular flexibility index (Phi) is 7.12. The minimum Gasteiger partial charge on any atom is -0.410 e. The van der Waals surface area contributed by atoms with Gasteiger partial charge in [0.1, 0.15) is 11.5 Å². The van der Waals surface area contributed by atoms with E-state index >= 15 is 0 Å². The molecule has 0 saturated heterocycles. The highest BCUT2D eigenvalue weighted by molar-refractivity contribution is 7.90. The summed E-state index contributed by atoms with van der Waals surface area (Å²) in [4.78, 5) is 25.6. The normalized spacial score (nSPS) is 15.8. The van der Waals surface area contributed by atoms with E-state index in [-0.39, 0.29) is 10.6 Å². The molecule has 0 spiro atoms. The van der Waals surface area contributed by atoms with Gasteiger partial charge in [0.25, 0.3) is 10.2 Å². The van der Waals surface area contributed by atoms with Crippen LogP contribution >= 0.6 is 0 Å². The van der Waals surface area contributed by atoms with Crippen LogP contribution in [0.2, 0.25) is 0 Å². The molecule has 10 nitrogen and oxygen atoms in total. The topological polar surface area (TPSA) is 117 Å². The van der Waals surface area contributed by atoms with Gasteiger partial charge >= 0.3 is 18.4 Å². The smallest absolute Gasteiger partial charge is 0.410 e. The summed E-state index contributed by atoms with van der Waals surface area (Å²) in [6.07, 6.45) is -7.22. The molecule has 2 aromatic carbocycles. The van der Waals surface area contributed by atoms with Crippen molar-refractivity contribution >= 4 is 28.1 Å². The van der Waals surface area contributed by atoms with E-state index in [4.69, 9.17) is 9.47 Å². The van der Waals surface area contributed by atoms with E-state index in [1.807, 2.05) is 9.44 Å². The summed E-state index contributed by atoms with van der Waals surface area (Å²) in [5.41, 5.74) is -1.39. The van der Waals surface area contributed by atoms with Crippen LogP contribution in [0.1, 0.15) is 17.2 Å². The summed E-state index contributed by atoms with van der Waals surface area (Å²) in [5, 5.41) is 0. The Morgan fingerprint density at radius 2 is 1.91 bits per heavy atom. The number of rotatable bonds is 6. The molecule has 1 atom stereocenters. The first-order chi connectivity index (χ1) is 16.2. The first-order valence-corrected chi connectivity index (χ1v) is 11.3. The quantitative estimate of drug-likeness (QED) is 0.564. The van der Waals surface area contributed by atoms with Gasteiger partial charge in [-0.25, -0.2) is 18.7 Å². The van der Waals surface area contributed by atoms with Crippen molar-refractivity contribution in [3.05, 3.63) is 53.3 Å². The summed E-state index contributed by atoms with van der Waals surface area (Å²) in [6, 6.07) is 3.92. The molecule has 0 aromatic heterocycles. The Balaban J connectivity index is 1.98. The number of amides is 2. The van der Waals surface area contributed by atoms with Gasteiger partial charge in [0.2, 0.25) is 0 Å². The van der Waals surface area contributed by atoms with E-state index in [0.29, 0.717) is 0 Å². The standard InChI is InChI=1S/C20H20F4N4O6S/c1-25-35(31,32)26-14-6-4-5-11(16(14)21)10-28-17(20(22,23)24)13-8-7-12(33-18(29)27(2)3)9-15(13)34-19(28)30/h4-9,17,25-26H,10H2,1-3H3/t17-/m0/s1. The molecule has 1 aliphatic rings. The van der Waals surface area contributed by atoms with Gasteiger partial charge in [0.15, 0.2) is 11.9 Å². The van der Waals surface area contributed by atoms with Crippen molar-refractivity contribution in [3.63, 3.8) is 0 Å². The van der Waals surface area contributed by atoms with Gasteiger partial charge in [0, 0.05) is 38.3 Å². The number of carbonyl (C=O) groups is 2. The van der Waals surface area contributed by atoms with E-state index < -0.39 is 69.5 Å². The lowest BCUT2D eigenvalue weighted by molar-refractivity contribution is -0.184. The average Bonchev–Trinajstić information content (AvgIpc) is 2.75. The van der Waals surface area contributed by atoms with Crippen molar-refractivity contribution in [2.75, 3.05) is 25.9 Å². The van der Waals surface area contributed by atoms with Gasteiger partial charge < -0.3 is 14.4 Å². The van der Waals surface area contributed by atoms with Crippen LogP contribution in [0.25, 0.3) is 0 Å². The number of carbonyl (C=O) groups excluding carboxylic acids is 2. The molecular weight excluding hydrogens is 500 g/mol. The van der Waals surface area contributed by atoms with Crippen LogP contribution in [0.4, 0.5) is 32.8 Å². The van der Waals surface area contributed by atoms with Crippen LogP contribution in [0.3, 0.4) is 0 Å². The third kappa shape index (κ3) is 5.74. The fourth-order valence-corrected chi connectivity index (χ4v) is 3.73. The zero-order valence-electron chi connectivity index (χ0n) is 18.5. The maximum Gasteiger partial charge on any atom is 0.416 e. The predicted octanol–water partition coefficient (Wildman–Crippen LogP) is 3.38. The molecule has 2 aromatic rings. The van der Waals surface area contributed by atoms with E-state index in [2.05, 4.69) is 0 Å². The average molecular weight is 520 g/mol. The van der Waals surface area contributed by atoms with Crippen molar-refractivity contribution < 1.29 is 45.0 Å². The van der Waals surface area contributed by atoms with Crippen molar-refractivity contribution in [2.24, 2.45) is 0 Å². The molecule has 0 fully saturated rings. The molecule has 0 saturated carbocycles. The van der Waals surface area contributed by atoms with Gasteiger partial charge in [-0.05, 0) is 18.2 Å². The van der Waals surface area contributed by atoms with E-state index in [1.54, 1.807) is 0 Å². The van der Waals surface area contributed by atoms with Crippen molar-refractivity contribution in [1.82, 2.24) is 14.5 Å². The van der Waals surface area contributed by atoms with Gasteiger partial charge in [-0.15, -0.1) is 0 Å². The summed E-state index contributed by atoms with van der Waals surface area (Å²) < 4.78 is 94.3. The van der Waals surface area contributed by atoms with Crippen LogP contribution < -0.4 is 18.9 Å². The Bertz CT molecular complexity index is 1250. The zero-order chi connectivity index (χ0) is 26.1. The van der Waals surface area contributed by atoms with Crippen molar-refractivity contribution in [1.29, 1.82) is 0 Å². The second-order valence-corrected chi connectivity index (χ2v) is 9.11. The minimum atomic E-state index is -4.99. The number of halogens is 4. The van der Waals surface area contributed by atoms with Crippen LogP contribution in [-0.2, 0) is 16.8 Å². The molecule has 0 bridgehead atoms. The third-order valence-electron chi connectivity index (χ3n) is 4.84. The largest absolute Gasteiger partial charge is 0.416 e. The molecule has 190 valence electrons. The number of ether oxygens (including phenoxy) is 2. The van der Waals surface area contributed by atoms with Crippen molar-refractivity contribution in [3.8, 4) is 11.5 Å². The fourth-order valence-electron chi connectivity index (χ4n) is 3.18. The highest BCUT2D eigenvalue weighted by Gasteiger charge is 2.51. The molecule has 35 heavy (non-hydrogen) atoms. The van der Waals surface area contributed by atoms with Crippen LogP contribution in [0.15, 0.2) is 36.4 Å². The van der Waals surface area contributed by atoms with Gasteiger partial charge in [-0.3, -0.25) is 9.62 Å². The molecule has 1 heterocycles. The molecule has 2 amide bonds. The third-order valence-corrected chi connectivity index (χ3v) is 5.86. The van der Waals surface area contributed by atoms with Crippen LogP contribution in [-0.4, -0.2) is 57.7 Å². The molecule has 15 heteroatoms. The number of nitrogens with one attached hydrogen (secondary N) is 2. The second-order valence-electron chi connectivity index (χ2n) is 7.49. The lowest BCUT2D eigenvalue weighted by atomic mass is 10.0. The van der Waals surface area contributed by atoms with E-state index in [0.717, 1.165) is 42.3 Å². The number of nitrogens with zero attached hydrogens (tertiary/aromatic N) is 2. The van der Waals surface area contributed by atoms with Gasteiger partial charge in [0.05, 0.1) is 12.2 Å². The molecule has 0 radical (unpaired) electrons. The Morgan fingerprint density at radius 1 is 1.23 bits per heavy atom. The lowest BCUT2D eigenvalue weighted by Gasteiger charge is -2.37. The van der Waals surface area contributed by atoms with Crippen LogP contribution in [0.5, 0.6) is 11.5 Å².